The molecule has 39 heavy (non-hydrogen) atoms. The average molecular weight is 526 g/mol. The fraction of sp³-hybridized carbons (Fsp3) is 0.179. The lowest BCUT2D eigenvalue weighted by Gasteiger charge is -2.32. The van der Waals surface area contributed by atoms with Gasteiger partial charge in [0.2, 0.25) is 5.95 Å². The van der Waals surface area contributed by atoms with Crippen molar-refractivity contribution in [1.82, 2.24) is 19.9 Å². The van der Waals surface area contributed by atoms with Crippen LogP contribution in [0.4, 0.5) is 22.2 Å². The molecular formula is C28H27N7O4. The number of pyridine rings is 1. The Balaban J connectivity index is 1.56. The molecule has 5 rings (SSSR count). The van der Waals surface area contributed by atoms with E-state index in [1.54, 1.807) is 12.3 Å². The number of carbonyl (C=O) groups is 2. The molecule has 1 saturated heterocycles. The van der Waals surface area contributed by atoms with Crippen LogP contribution in [0.3, 0.4) is 0 Å². The lowest BCUT2D eigenvalue weighted by atomic mass is 10.1. The summed E-state index contributed by atoms with van der Waals surface area (Å²) in [6.45, 7) is 1.02. The summed E-state index contributed by atoms with van der Waals surface area (Å²) >= 11 is 0. The molecule has 2 amide bonds. The molecule has 4 aromatic rings. The van der Waals surface area contributed by atoms with Gasteiger partial charge in [-0.25, -0.2) is 9.78 Å². The van der Waals surface area contributed by atoms with Gasteiger partial charge in [0.15, 0.2) is 0 Å². The molecule has 1 aliphatic rings. The molecule has 2 aromatic heterocycles. The highest BCUT2D eigenvalue weighted by molar-refractivity contribution is 5.98. The van der Waals surface area contributed by atoms with Crippen LogP contribution in [-0.4, -0.2) is 50.8 Å². The van der Waals surface area contributed by atoms with Crippen molar-refractivity contribution in [2.24, 2.45) is 5.73 Å². The van der Waals surface area contributed by atoms with Crippen LogP contribution in [0.5, 0.6) is 0 Å². The Morgan fingerprint density at radius 3 is 2.46 bits per heavy atom. The maximum atomic E-state index is 13.5. The normalized spacial score (nSPS) is 15.0. The summed E-state index contributed by atoms with van der Waals surface area (Å²) in [7, 11) is 0. The lowest BCUT2D eigenvalue weighted by molar-refractivity contribution is 0.100. The molecule has 0 bridgehead atoms. The van der Waals surface area contributed by atoms with Gasteiger partial charge in [-0.1, -0.05) is 48.5 Å². The van der Waals surface area contributed by atoms with Crippen LogP contribution in [-0.2, 0) is 0 Å². The van der Waals surface area contributed by atoms with Gasteiger partial charge in [0.25, 0.3) is 11.5 Å². The first-order valence-corrected chi connectivity index (χ1v) is 12.4. The van der Waals surface area contributed by atoms with Crippen molar-refractivity contribution < 1.29 is 14.7 Å². The molecule has 0 saturated carbocycles. The van der Waals surface area contributed by atoms with E-state index in [9.17, 15) is 14.4 Å². The number of aromatic nitrogens is 3. The number of nitrogens with zero attached hydrogens (tertiary/aromatic N) is 4. The molecule has 198 valence electrons. The molecule has 1 atom stereocenters. The maximum Gasteiger partial charge on any atom is 0.404 e. The molecule has 1 fully saturated rings. The molecule has 2 aromatic carbocycles. The number of piperidine rings is 1. The SMILES string of the molecule is NC(=O)c1cnc(N2CCCC(NC(=O)O)C2)nc1Nc1cc(-c2ccccc2)c(=O)n(-c2ccccc2)c1. The fourth-order valence-corrected chi connectivity index (χ4v) is 4.64. The zero-order chi connectivity index (χ0) is 27.4. The lowest BCUT2D eigenvalue weighted by Crippen LogP contribution is -2.48. The first-order chi connectivity index (χ1) is 18.9. The highest BCUT2D eigenvalue weighted by atomic mass is 16.4. The van der Waals surface area contributed by atoms with E-state index in [0.29, 0.717) is 42.4 Å². The summed E-state index contributed by atoms with van der Waals surface area (Å²) in [6, 6.07) is 19.9. The fourth-order valence-electron chi connectivity index (χ4n) is 4.64. The Kier molecular flexibility index (Phi) is 7.21. The molecule has 0 aliphatic carbocycles. The summed E-state index contributed by atoms with van der Waals surface area (Å²) in [5, 5.41) is 14.8. The molecule has 5 N–H and O–H groups in total. The standard InChI is InChI=1S/C28H27N7O4/c29-24(36)23-15-30-27(34-13-7-10-19(16-34)32-28(38)39)33-25(23)31-20-14-22(18-8-3-1-4-9-18)26(37)35(17-20)21-11-5-2-6-12-21/h1-6,8-9,11-12,14-15,17,19,32H,7,10,13,16H2,(H2,29,36)(H,38,39)(H,30,31,33). The van der Waals surface area contributed by atoms with E-state index in [4.69, 9.17) is 10.8 Å². The van der Waals surface area contributed by atoms with E-state index in [2.05, 4.69) is 20.6 Å². The molecule has 11 heteroatoms. The topological polar surface area (TPSA) is 155 Å². The second-order valence-electron chi connectivity index (χ2n) is 9.18. The van der Waals surface area contributed by atoms with E-state index in [-0.39, 0.29) is 23.0 Å². The van der Waals surface area contributed by atoms with Gasteiger partial charge in [-0.05, 0) is 36.6 Å². The number of para-hydroxylation sites is 1. The minimum Gasteiger partial charge on any atom is -0.465 e. The molecule has 1 aliphatic heterocycles. The molecular weight excluding hydrogens is 498 g/mol. The summed E-state index contributed by atoms with van der Waals surface area (Å²) in [4.78, 5) is 47.7. The van der Waals surface area contributed by atoms with Crippen molar-refractivity contribution in [3.05, 3.63) is 95.0 Å². The number of amides is 2. The number of nitrogens with two attached hydrogens (primary N) is 1. The zero-order valence-electron chi connectivity index (χ0n) is 20.9. The zero-order valence-corrected chi connectivity index (χ0v) is 20.9. The van der Waals surface area contributed by atoms with Crippen LogP contribution in [0.2, 0.25) is 0 Å². The minimum atomic E-state index is -1.09. The van der Waals surface area contributed by atoms with Gasteiger partial charge in [0, 0.05) is 42.8 Å². The van der Waals surface area contributed by atoms with Crippen LogP contribution in [0.1, 0.15) is 23.2 Å². The second kappa shape index (κ2) is 11.1. The monoisotopic (exact) mass is 525 g/mol. The van der Waals surface area contributed by atoms with Crippen LogP contribution < -0.4 is 26.8 Å². The Morgan fingerprint density at radius 2 is 1.77 bits per heavy atom. The Morgan fingerprint density at radius 1 is 1.05 bits per heavy atom. The molecule has 3 heterocycles. The van der Waals surface area contributed by atoms with E-state index in [1.165, 1.54) is 10.8 Å². The first kappa shape index (κ1) is 25.5. The van der Waals surface area contributed by atoms with Gasteiger partial charge in [-0.3, -0.25) is 14.2 Å². The second-order valence-corrected chi connectivity index (χ2v) is 9.18. The smallest absolute Gasteiger partial charge is 0.404 e. The summed E-state index contributed by atoms with van der Waals surface area (Å²) in [5.74, 6) is -0.204. The number of hydrogen-bond donors (Lipinski definition) is 4. The predicted octanol–water partition coefficient (Wildman–Crippen LogP) is 3.37. The van der Waals surface area contributed by atoms with Crippen molar-refractivity contribution in [3.63, 3.8) is 0 Å². The van der Waals surface area contributed by atoms with Crippen LogP contribution in [0.15, 0.2) is 83.9 Å². The van der Waals surface area contributed by atoms with Crippen molar-refractivity contribution in [1.29, 1.82) is 0 Å². The van der Waals surface area contributed by atoms with Gasteiger partial charge >= 0.3 is 6.09 Å². The number of hydrogen-bond acceptors (Lipinski definition) is 7. The highest BCUT2D eigenvalue weighted by Gasteiger charge is 2.24. The highest BCUT2D eigenvalue weighted by Crippen LogP contribution is 2.26. The van der Waals surface area contributed by atoms with E-state index in [1.807, 2.05) is 65.6 Å². The van der Waals surface area contributed by atoms with Crippen molar-refractivity contribution in [2.75, 3.05) is 23.3 Å². The number of carbonyl (C=O) groups excluding carboxylic acids is 1. The number of rotatable bonds is 7. The van der Waals surface area contributed by atoms with Crippen LogP contribution >= 0.6 is 0 Å². The average Bonchev–Trinajstić information content (AvgIpc) is 2.94. The Labute approximate surface area is 223 Å². The van der Waals surface area contributed by atoms with Crippen molar-refractivity contribution >= 4 is 29.5 Å². The van der Waals surface area contributed by atoms with Gasteiger partial charge < -0.3 is 26.4 Å². The van der Waals surface area contributed by atoms with Gasteiger partial charge in [-0.2, -0.15) is 4.98 Å². The maximum absolute atomic E-state index is 13.5. The quantitative estimate of drug-likeness (QED) is 0.286. The number of carboxylic acid groups (broad SMARTS) is 1. The van der Waals surface area contributed by atoms with Crippen LogP contribution in [0.25, 0.3) is 16.8 Å². The van der Waals surface area contributed by atoms with Crippen molar-refractivity contribution in [3.8, 4) is 16.8 Å². The summed E-state index contributed by atoms with van der Waals surface area (Å²) in [6.07, 6.45) is 3.36. The molecule has 0 spiro atoms. The third-order valence-electron chi connectivity index (χ3n) is 6.47. The Bertz CT molecular complexity index is 1490. The third kappa shape index (κ3) is 5.72. The van der Waals surface area contributed by atoms with Crippen LogP contribution in [0, 0.1) is 0 Å². The van der Waals surface area contributed by atoms with Gasteiger partial charge in [-0.15, -0.1) is 0 Å². The number of anilines is 3. The largest absolute Gasteiger partial charge is 0.465 e. The summed E-state index contributed by atoms with van der Waals surface area (Å²) in [5.41, 5.74) is 7.88. The molecule has 11 nitrogen and oxygen atoms in total. The van der Waals surface area contributed by atoms with Gasteiger partial charge in [0.05, 0.1) is 5.69 Å². The molecule has 0 radical (unpaired) electrons. The van der Waals surface area contributed by atoms with E-state index < -0.39 is 12.0 Å². The number of primary amides is 1. The minimum absolute atomic E-state index is 0.0784. The summed E-state index contributed by atoms with van der Waals surface area (Å²) < 4.78 is 1.53. The van der Waals surface area contributed by atoms with E-state index in [0.717, 1.165) is 12.0 Å². The first-order valence-electron chi connectivity index (χ1n) is 12.4. The van der Waals surface area contributed by atoms with Crippen molar-refractivity contribution in [2.45, 2.75) is 18.9 Å². The Hall–Kier alpha value is -5.19. The number of benzene rings is 2. The number of nitrogens with one attached hydrogen (secondary N) is 2. The van der Waals surface area contributed by atoms with Gasteiger partial charge in [0.1, 0.15) is 11.4 Å². The predicted molar refractivity (Wildman–Crippen MR) is 148 cm³/mol. The molecule has 1 unspecified atom stereocenters. The third-order valence-corrected chi connectivity index (χ3v) is 6.47. The van der Waals surface area contributed by atoms with E-state index >= 15 is 0 Å².